The van der Waals surface area contributed by atoms with Gasteiger partial charge in [-0.3, -0.25) is 0 Å². The first-order chi connectivity index (χ1) is 10.1. The standard InChI is InChI=1S/C15H29F4O2P/c1-7-10-13(4,22(20-5)21-6)11-14(16,15(17,18)19)12(8-2)9-3/h12H,7-11H2,1-6H3. The molecule has 0 aliphatic carbocycles. The molecule has 0 N–H and O–H groups in total. The summed E-state index contributed by atoms with van der Waals surface area (Å²) in [5.41, 5.74) is -3.22. The molecule has 0 aromatic rings. The highest BCUT2D eigenvalue weighted by atomic mass is 31.2. The van der Waals surface area contributed by atoms with Gasteiger partial charge in [0.05, 0.1) is 0 Å². The zero-order chi connectivity index (χ0) is 17.6. The van der Waals surface area contributed by atoms with E-state index in [0.29, 0.717) is 12.8 Å². The van der Waals surface area contributed by atoms with E-state index in [-0.39, 0.29) is 12.8 Å². The first kappa shape index (κ1) is 22.1. The van der Waals surface area contributed by atoms with E-state index in [1.807, 2.05) is 6.92 Å². The van der Waals surface area contributed by atoms with Crippen LogP contribution in [0, 0.1) is 5.92 Å². The van der Waals surface area contributed by atoms with E-state index in [0.717, 1.165) is 0 Å². The summed E-state index contributed by atoms with van der Waals surface area (Å²) in [6.45, 7) is 6.70. The van der Waals surface area contributed by atoms with Crippen molar-refractivity contribution >= 4 is 8.38 Å². The van der Waals surface area contributed by atoms with E-state index >= 15 is 4.39 Å². The second-order valence-electron chi connectivity index (χ2n) is 5.92. The van der Waals surface area contributed by atoms with E-state index in [9.17, 15) is 13.2 Å². The van der Waals surface area contributed by atoms with Gasteiger partial charge >= 0.3 is 6.18 Å². The van der Waals surface area contributed by atoms with E-state index in [4.69, 9.17) is 9.05 Å². The van der Waals surface area contributed by atoms with Crippen molar-refractivity contribution in [3.8, 4) is 0 Å². The molecule has 0 bridgehead atoms. The quantitative estimate of drug-likeness (QED) is 0.343. The van der Waals surface area contributed by atoms with Crippen molar-refractivity contribution in [3.05, 3.63) is 0 Å². The van der Waals surface area contributed by atoms with Gasteiger partial charge < -0.3 is 9.05 Å². The Labute approximate surface area is 132 Å². The van der Waals surface area contributed by atoms with E-state index in [1.54, 1.807) is 20.8 Å². The maximum Gasteiger partial charge on any atom is 0.422 e. The van der Waals surface area contributed by atoms with Crippen LogP contribution < -0.4 is 0 Å². The van der Waals surface area contributed by atoms with Crippen molar-refractivity contribution in [2.75, 3.05) is 14.2 Å². The maximum absolute atomic E-state index is 15.2. The van der Waals surface area contributed by atoms with Gasteiger partial charge in [-0.05, 0) is 19.3 Å². The molecule has 2 unspecified atom stereocenters. The Hall–Kier alpha value is 0.0700. The SMILES string of the molecule is CCCC(C)(CC(F)(C(CC)CC)C(F)(F)F)P(OC)OC. The van der Waals surface area contributed by atoms with Gasteiger partial charge in [-0.1, -0.05) is 34.1 Å². The molecule has 0 aliphatic rings. The second kappa shape index (κ2) is 8.79. The van der Waals surface area contributed by atoms with Crippen molar-refractivity contribution in [1.82, 2.24) is 0 Å². The van der Waals surface area contributed by atoms with Crippen molar-refractivity contribution in [2.45, 2.75) is 76.8 Å². The highest BCUT2D eigenvalue weighted by molar-refractivity contribution is 7.49. The fourth-order valence-corrected chi connectivity index (χ4v) is 5.06. The Morgan fingerprint density at radius 3 is 1.68 bits per heavy atom. The molecule has 2 nitrogen and oxygen atoms in total. The molecule has 0 aromatic heterocycles. The second-order valence-corrected chi connectivity index (χ2v) is 8.24. The minimum Gasteiger partial charge on any atom is -0.337 e. The van der Waals surface area contributed by atoms with Crippen LogP contribution in [0.5, 0.6) is 0 Å². The van der Waals surface area contributed by atoms with Crippen LogP contribution in [0.1, 0.15) is 59.8 Å². The lowest BCUT2D eigenvalue weighted by Crippen LogP contribution is -2.51. The lowest BCUT2D eigenvalue weighted by Gasteiger charge is -2.43. The molecule has 2 atom stereocenters. The van der Waals surface area contributed by atoms with E-state index < -0.39 is 37.7 Å². The average Bonchev–Trinajstić information content (AvgIpc) is 2.40. The third kappa shape index (κ3) is 4.78. The molecule has 0 aromatic carbocycles. The van der Waals surface area contributed by atoms with Crippen LogP contribution in [-0.4, -0.2) is 31.2 Å². The Balaban J connectivity index is 5.75. The zero-order valence-corrected chi connectivity index (χ0v) is 15.3. The molecule has 0 fully saturated rings. The monoisotopic (exact) mass is 348 g/mol. The van der Waals surface area contributed by atoms with E-state index in [2.05, 4.69) is 0 Å². The van der Waals surface area contributed by atoms with Crippen molar-refractivity contribution < 1.29 is 26.6 Å². The normalized spacial score (nSPS) is 18.5. The summed E-state index contributed by atoms with van der Waals surface area (Å²) in [6, 6.07) is 0. The third-order valence-electron chi connectivity index (χ3n) is 4.30. The molecular weight excluding hydrogens is 319 g/mol. The minimum absolute atomic E-state index is 0.145. The zero-order valence-electron chi connectivity index (χ0n) is 14.4. The van der Waals surface area contributed by atoms with Gasteiger partial charge in [0.1, 0.15) is 0 Å². The van der Waals surface area contributed by atoms with Gasteiger partial charge in [0.25, 0.3) is 0 Å². The van der Waals surface area contributed by atoms with Crippen LogP contribution in [-0.2, 0) is 9.05 Å². The average molecular weight is 348 g/mol. The summed E-state index contributed by atoms with van der Waals surface area (Å²) < 4.78 is 66.2. The predicted molar refractivity (Wildman–Crippen MR) is 82.8 cm³/mol. The smallest absolute Gasteiger partial charge is 0.337 e. The fraction of sp³-hybridized carbons (Fsp3) is 1.00. The number of hydrogen-bond donors (Lipinski definition) is 0. The van der Waals surface area contributed by atoms with Crippen LogP contribution in [0.2, 0.25) is 0 Å². The summed E-state index contributed by atoms with van der Waals surface area (Å²) in [6.07, 6.45) is -4.18. The van der Waals surface area contributed by atoms with Crippen molar-refractivity contribution in [2.24, 2.45) is 5.92 Å². The highest BCUT2D eigenvalue weighted by Crippen LogP contribution is 2.60. The number of hydrogen-bond acceptors (Lipinski definition) is 2. The molecule has 134 valence electrons. The number of halogens is 4. The Kier molecular flexibility index (Phi) is 8.82. The first-order valence-electron chi connectivity index (χ1n) is 7.70. The van der Waals surface area contributed by atoms with Crippen molar-refractivity contribution in [3.63, 3.8) is 0 Å². The third-order valence-corrected chi connectivity index (χ3v) is 6.23. The number of alkyl halides is 4. The van der Waals surface area contributed by atoms with Crippen LogP contribution in [0.3, 0.4) is 0 Å². The highest BCUT2D eigenvalue weighted by Gasteiger charge is 2.62. The summed E-state index contributed by atoms with van der Waals surface area (Å²) in [5, 5.41) is -0.986. The van der Waals surface area contributed by atoms with Crippen molar-refractivity contribution in [1.29, 1.82) is 0 Å². The van der Waals surface area contributed by atoms with Crippen LogP contribution in [0.25, 0.3) is 0 Å². The topological polar surface area (TPSA) is 18.5 Å². The van der Waals surface area contributed by atoms with Gasteiger partial charge in [-0.2, -0.15) is 13.2 Å². The minimum atomic E-state index is -4.90. The molecule has 0 radical (unpaired) electrons. The van der Waals surface area contributed by atoms with Gasteiger partial charge in [-0.15, -0.1) is 0 Å². The molecule has 0 heterocycles. The molecule has 7 heteroatoms. The summed E-state index contributed by atoms with van der Waals surface area (Å²) >= 11 is 0. The van der Waals surface area contributed by atoms with Gasteiger partial charge in [0.2, 0.25) is 5.67 Å². The van der Waals surface area contributed by atoms with Gasteiger partial charge in [0.15, 0.2) is 8.38 Å². The first-order valence-corrected chi connectivity index (χ1v) is 8.88. The maximum atomic E-state index is 15.2. The molecule has 0 saturated carbocycles. The van der Waals surface area contributed by atoms with Gasteiger partial charge in [0, 0.05) is 31.7 Å². The molecule has 0 spiro atoms. The Bertz CT molecular complexity index is 319. The fourth-order valence-electron chi connectivity index (χ4n) is 3.26. The van der Waals surface area contributed by atoms with Crippen LogP contribution in [0.4, 0.5) is 17.6 Å². The number of rotatable bonds is 10. The van der Waals surface area contributed by atoms with E-state index in [1.165, 1.54) is 14.2 Å². The molecule has 22 heavy (non-hydrogen) atoms. The van der Waals surface area contributed by atoms with Crippen LogP contribution in [0.15, 0.2) is 0 Å². The molecular formula is C15H29F4O2P. The lowest BCUT2D eigenvalue weighted by molar-refractivity contribution is -0.254. The molecule has 0 aliphatic heterocycles. The molecule has 0 amide bonds. The summed E-state index contributed by atoms with van der Waals surface area (Å²) in [4.78, 5) is 0. The summed E-state index contributed by atoms with van der Waals surface area (Å²) in [5.74, 6) is -1.06. The Morgan fingerprint density at radius 1 is 0.955 bits per heavy atom. The largest absolute Gasteiger partial charge is 0.422 e. The summed E-state index contributed by atoms with van der Waals surface area (Å²) in [7, 11) is 1.20. The van der Waals surface area contributed by atoms with Crippen LogP contribution >= 0.6 is 8.38 Å². The lowest BCUT2D eigenvalue weighted by atomic mass is 9.77. The predicted octanol–water partition coefficient (Wildman–Crippen LogP) is 6.25. The van der Waals surface area contributed by atoms with Gasteiger partial charge in [-0.25, -0.2) is 4.39 Å². The molecule has 0 rings (SSSR count). The Morgan fingerprint density at radius 2 is 1.41 bits per heavy atom. The molecule has 0 saturated heterocycles.